The molecule has 0 aliphatic heterocycles. The molecule has 18 heavy (non-hydrogen) atoms. The molecule has 1 N–H and O–H groups in total. The molecule has 0 saturated carbocycles. The lowest BCUT2D eigenvalue weighted by Crippen LogP contribution is -2.07. The number of hydrogen-bond acceptors (Lipinski definition) is 2. The fraction of sp³-hybridized carbons (Fsp3) is 0.200. The molecule has 0 atom stereocenters. The second-order valence-electron chi connectivity index (χ2n) is 4.16. The van der Waals surface area contributed by atoms with Crippen LogP contribution in [0.15, 0.2) is 36.5 Å². The zero-order valence-electron chi connectivity index (χ0n) is 10.5. The molecule has 0 radical (unpaired) electrons. The van der Waals surface area contributed by atoms with Crippen LogP contribution < -0.4 is 0 Å². The summed E-state index contributed by atoms with van der Waals surface area (Å²) in [4.78, 5) is 15.8. The van der Waals surface area contributed by atoms with E-state index in [-0.39, 0.29) is 0 Å². The van der Waals surface area contributed by atoms with Crippen molar-refractivity contribution >= 4 is 5.97 Å². The minimum atomic E-state index is -0.922. The van der Waals surface area contributed by atoms with E-state index in [1.165, 1.54) is 0 Å². The van der Waals surface area contributed by atoms with Gasteiger partial charge in [0, 0.05) is 11.8 Å². The van der Waals surface area contributed by atoms with Crippen LogP contribution in [0.25, 0.3) is 11.3 Å². The number of aryl methyl sites for hydroxylation is 1. The molecule has 0 unspecified atom stereocenters. The lowest BCUT2D eigenvalue weighted by Gasteiger charge is -2.11. The molecule has 92 valence electrons. The molecule has 0 aliphatic carbocycles. The quantitative estimate of drug-likeness (QED) is 0.896. The molecule has 0 aliphatic rings. The highest BCUT2D eigenvalue weighted by Gasteiger charge is 2.18. The van der Waals surface area contributed by atoms with E-state index in [9.17, 15) is 9.90 Å². The second-order valence-corrected chi connectivity index (χ2v) is 4.16. The van der Waals surface area contributed by atoms with Crippen molar-refractivity contribution in [1.29, 1.82) is 0 Å². The first-order valence-electron chi connectivity index (χ1n) is 5.92. The van der Waals surface area contributed by atoms with Crippen LogP contribution in [0.4, 0.5) is 0 Å². The Morgan fingerprint density at radius 2 is 1.94 bits per heavy atom. The van der Waals surface area contributed by atoms with E-state index in [1.807, 2.05) is 44.2 Å². The van der Waals surface area contributed by atoms with Gasteiger partial charge in [0.25, 0.3) is 0 Å². The summed E-state index contributed by atoms with van der Waals surface area (Å²) in [5.41, 5.74) is 3.46. The van der Waals surface area contributed by atoms with Gasteiger partial charge in [0.1, 0.15) is 0 Å². The van der Waals surface area contributed by atoms with Crippen LogP contribution in [-0.4, -0.2) is 16.1 Å². The van der Waals surface area contributed by atoms with Gasteiger partial charge in [-0.05, 0) is 24.5 Å². The molecule has 1 aromatic heterocycles. The third-order valence-electron chi connectivity index (χ3n) is 3.08. The Hall–Kier alpha value is -2.16. The third kappa shape index (κ3) is 2.12. The zero-order valence-corrected chi connectivity index (χ0v) is 10.5. The molecular weight excluding hydrogens is 226 g/mol. The van der Waals surface area contributed by atoms with Gasteiger partial charge in [0.05, 0.1) is 11.3 Å². The zero-order chi connectivity index (χ0) is 13.1. The smallest absolute Gasteiger partial charge is 0.338 e. The van der Waals surface area contributed by atoms with Crippen molar-refractivity contribution in [3.63, 3.8) is 0 Å². The highest BCUT2D eigenvalue weighted by atomic mass is 16.4. The first-order valence-corrected chi connectivity index (χ1v) is 5.92. The van der Waals surface area contributed by atoms with E-state index in [0.717, 1.165) is 23.1 Å². The van der Waals surface area contributed by atoms with Gasteiger partial charge in [0.2, 0.25) is 0 Å². The Morgan fingerprint density at radius 1 is 1.28 bits per heavy atom. The number of benzene rings is 1. The van der Waals surface area contributed by atoms with Crippen molar-refractivity contribution in [2.75, 3.05) is 0 Å². The number of hydrogen-bond donors (Lipinski definition) is 1. The van der Waals surface area contributed by atoms with Crippen LogP contribution in [0.3, 0.4) is 0 Å². The molecule has 2 rings (SSSR count). The molecule has 1 aromatic carbocycles. The number of carboxylic acids is 1. The first-order chi connectivity index (χ1) is 8.65. The third-order valence-corrected chi connectivity index (χ3v) is 3.08. The maximum Gasteiger partial charge on any atom is 0.338 e. The Bertz CT molecular complexity index is 577. The highest BCUT2D eigenvalue weighted by Crippen LogP contribution is 2.25. The predicted octanol–water partition coefficient (Wildman–Crippen LogP) is 3.32. The van der Waals surface area contributed by atoms with Gasteiger partial charge in [-0.25, -0.2) is 4.79 Å². The molecule has 0 spiro atoms. The fourth-order valence-corrected chi connectivity index (χ4v) is 2.08. The van der Waals surface area contributed by atoms with Crippen molar-refractivity contribution < 1.29 is 9.90 Å². The number of carboxylic acid groups (broad SMARTS) is 1. The number of rotatable bonds is 3. The summed E-state index contributed by atoms with van der Waals surface area (Å²) in [7, 11) is 0. The van der Waals surface area contributed by atoms with Crippen LogP contribution in [0.5, 0.6) is 0 Å². The normalized spacial score (nSPS) is 10.3. The van der Waals surface area contributed by atoms with E-state index in [4.69, 9.17) is 0 Å². The van der Waals surface area contributed by atoms with Crippen LogP contribution in [0, 0.1) is 6.92 Å². The Balaban J connectivity index is 2.69. The van der Waals surface area contributed by atoms with Crippen LogP contribution in [0.2, 0.25) is 0 Å². The summed E-state index contributed by atoms with van der Waals surface area (Å²) < 4.78 is 0. The lowest BCUT2D eigenvalue weighted by atomic mass is 9.97. The van der Waals surface area contributed by atoms with Crippen molar-refractivity contribution in [1.82, 2.24) is 4.98 Å². The SMILES string of the molecule is CCc1cnc(-c2ccccc2)c(C(=O)O)c1C. The van der Waals surface area contributed by atoms with Gasteiger partial charge in [-0.1, -0.05) is 37.3 Å². The first kappa shape index (κ1) is 12.3. The summed E-state index contributed by atoms with van der Waals surface area (Å²) in [5.74, 6) is -0.922. The highest BCUT2D eigenvalue weighted by molar-refractivity contribution is 5.96. The summed E-state index contributed by atoms with van der Waals surface area (Å²) in [6.07, 6.45) is 2.55. The van der Waals surface area contributed by atoms with E-state index in [1.54, 1.807) is 6.20 Å². The van der Waals surface area contributed by atoms with Gasteiger partial charge in [0.15, 0.2) is 0 Å². The van der Waals surface area contributed by atoms with E-state index in [0.29, 0.717) is 11.3 Å². The minimum Gasteiger partial charge on any atom is -0.478 e. The summed E-state index contributed by atoms with van der Waals surface area (Å²) >= 11 is 0. The number of aromatic nitrogens is 1. The second kappa shape index (κ2) is 5.00. The van der Waals surface area contributed by atoms with Gasteiger partial charge >= 0.3 is 5.97 Å². The summed E-state index contributed by atoms with van der Waals surface area (Å²) in [6, 6.07) is 9.41. The number of carbonyl (C=O) groups is 1. The molecule has 1 heterocycles. The molecule has 3 nitrogen and oxygen atoms in total. The Morgan fingerprint density at radius 3 is 2.50 bits per heavy atom. The molecule has 0 fully saturated rings. The minimum absolute atomic E-state index is 0.306. The Kier molecular flexibility index (Phi) is 3.42. The molecule has 0 saturated heterocycles. The van der Waals surface area contributed by atoms with Crippen molar-refractivity contribution in [3.05, 3.63) is 53.2 Å². The molecular formula is C15H15NO2. The van der Waals surface area contributed by atoms with E-state index < -0.39 is 5.97 Å². The maximum absolute atomic E-state index is 11.4. The van der Waals surface area contributed by atoms with Crippen molar-refractivity contribution in [2.45, 2.75) is 20.3 Å². The number of nitrogens with zero attached hydrogens (tertiary/aromatic N) is 1. The van der Waals surface area contributed by atoms with E-state index >= 15 is 0 Å². The maximum atomic E-state index is 11.4. The fourth-order valence-electron chi connectivity index (χ4n) is 2.08. The standard InChI is InChI=1S/C15H15NO2/c1-3-11-9-16-14(12-7-5-4-6-8-12)13(10(11)2)15(17)18/h4-9H,3H2,1-2H3,(H,17,18). The summed E-state index contributed by atoms with van der Waals surface area (Å²) in [5, 5.41) is 9.39. The van der Waals surface area contributed by atoms with Crippen molar-refractivity contribution in [3.8, 4) is 11.3 Å². The molecule has 3 heteroatoms. The number of pyridine rings is 1. The molecule has 2 aromatic rings. The van der Waals surface area contributed by atoms with Crippen LogP contribution in [0.1, 0.15) is 28.4 Å². The molecule has 0 bridgehead atoms. The average Bonchev–Trinajstić information content (AvgIpc) is 2.39. The predicted molar refractivity (Wildman–Crippen MR) is 70.7 cm³/mol. The van der Waals surface area contributed by atoms with Crippen LogP contribution in [-0.2, 0) is 6.42 Å². The lowest BCUT2D eigenvalue weighted by molar-refractivity contribution is 0.0696. The van der Waals surface area contributed by atoms with Crippen LogP contribution >= 0.6 is 0 Å². The largest absolute Gasteiger partial charge is 0.478 e. The van der Waals surface area contributed by atoms with Crippen molar-refractivity contribution in [2.24, 2.45) is 0 Å². The van der Waals surface area contributed by atoms with Gasteiger partial charge in [-0.2, -0.15) is 0 Å². The topological polar surface area (TPSA) is 50.2 Å². The number of aromatic carboxylic acids is 1. The monoisotopic (exact) mass is 241 g/mol. The van der Waals surface area contributed by atoms with Gasteiger partial charge in [-0.3, -0.25) is 4.98 Å². The average molecular weight is 241 g/mol. The Labute approximate surface area is 106 Å². The van der Waals surface area contributed by atoms with Gasteiger partial charge < -0.3 is 5.11 Å². The summed E-state index contributed by atoms with van der Waals surface area (Å²) in [6.45, 7) is 3.84. The van der Waals surface area contributed by atoms with E-state index in [2.05, 4.69) is 4.98 Å². The van der Waals surface area contributed by atoms with Gasteiger partial charge in [-0.15, -0.1) is 0 Å². The molecule has 0 amide bonds.